The predicted molar refractivity (Wildman–Crippen MR) is 91.4 cm³/mol. The molecule has 0 aliphatic carbocycles. The minimum Gasteiger partial charge on any atom is -0.497 e. The molecule has 0 radical (unpaired) electrons. The smallest absolute Gasteiger partial charge is 0.259 e. The summed E-state index contributed by atoms with van der Waals surface area (Å²) in [4.78, 5) is 12.4. The molecule has 0 unspecified atom stereocenters. The zero-order chi connectivity index (χ0) is 15.4. The molecule has 1 amide bonds. The van der Waals surface area contributed by atoms with Gasteiger partial charge in [-0.2, -0.15) is 0 Å². The zero-order valence-electron chi connectivity index (χ0n) is 12.1. The average Bonchev–Trinajstić information content (AvgIpc) is 2.50. The van der Waals surface area contributed by atoms with Crippen LogP contribution in [0.5, 0.6) is 11.5 Å². The zero-order valence-corrected chi connectivity index (χ0v) is 14.2. The number of hydrogen-bond acceptors (Lipinski definition) is 3. The highest BCUT2D eigenvalue weighted by Gasteiger charge is 2.14. The minimum atomic E-state index is -0.231. The molecule has 0 aromatic heterocycles. The molecule has 2 rings (SSSR count). The molecule has 4 nitrogen and oxygen atoms in total. The van der Waals surface area contributed by atoms with Crippen LogP contribution in [0.2, 0.25) is 0 Å². The molecule has 2 aromatic rings. The van der Waals surface area contributed by atoms with Gasteiger partial charge in [0.1, 0.15) is 11.5 Å². The van der Waals surface area contributed by atoms with Crippen LogP contribution in [0.4, 0.5) is 5.69 Å². The van der Waals surface area contributed by atoms with Gasteiger partial charge in [-0.25, -0.2) is 0 Å². The lowest BCUT2D eigenvalue weighted by molar-refractivity contribution is 0.102. The van der Waals surface area contributed by atoms with Gasteiger partial charge in [0.2, 0.25) is 0 Å². The van der Waals surface area contributed by atoms with Crippen molar-refractivity contribution in [1.82, 2.24) is 0 Å². The predicted octanol–water partition coefficient (Wildman–Crippen LogP) is 3.87. The fourth-order valence-electron chi connectivity index (χ4n) is 1.86. The highest BCUT2D eigenvalue weighted by Crippen LogP contribution is 2.25. The van der Waals surface area contributed by atoms with Gasteiger partial charge in [-0.15, -0.1) is 0 Å². The quantitative estimate of drug-likeness (QED) is 0.797. The Labute approximate surface area is 137 Å². The largest absolute Gasteiger partial charge is 0.497 e. The van der Waals surface area contributed by atoms with Gasteiger partial charge < -0.3 is 14.8 Å². The van der Waals surface area contributed by atoms with Crippen molar-refractivity contribution in [2.45, 2.75) is 6.92 Å². The number of methoxy groups -OCH3 is 2. The molecule has 0 bridgehead atoms. The van der Waals surface area contributed by atoms with Crippen molar-refractivity contribution in [2.75, 3.05) is 19.5 Å². The van der Waals surface area contributed by atoms with E-state index in [1.54, 1.807) is 25.3 Å². The second-order valence-electron chi connectivity index (χ2n) is 4.48. The Morgan fingerprint density at radius 1 is 1.10 bits per heavy atom. The van der Waals surface area contributed by atoms with Crippen molar-refractivity contribution >= 4 is 34.2 Å². The Bertz CT molecular complexity index is 671. The van der Waals surface area contributed by atoms with E-state index in [0.717, 1.165) is 9.26 Å². The monoisotopic (exact) mass is 397 g/mol. The van der Waals surface area contributed by atoms with Crippen molar-refractivity contribution in [3.8, 4) is 11.5 Å². The summed E-state index contributed by atoms with van der Waals surface area (Å²) in [6, 6.07) is 10.9. The number of carbonyl (C=O) groups excluding carboxylic acids is 1. The third kappa shape index (κ3) is 3.66. The van der Waals surface area contributed by atoms with Gasteiger partial charge in [0.15, 0.2) is 0 Å². The maximum atomic E-state index is 12.4. The summed E-state index contributed by atoms with van der Waals surface area (Å²) in [5.41, 5.74) is 2.36. The van der Waals surface area contributed by atoms with E-state index >= 15 is 0 Å². The topological polar surface area (TPSA) is 47.6 Å². The highest BCUT2D eigenvalue weighted by molar-refractivity contribution is 14.1. The van der Waals surface area contributed by atoms with Crippen LogP contribution >= 0.6 is 22.6 Å². The Morgan fingerprint density at radius 2 is 1.86 bits per heavy atom. The molecule has 0 spiro atoms. The first-order valence-electron chi connectivity index (χ1n) is 6.34. The van der Waals surface area contributed by atoms with Gasteiger partial charge in [0.25, 0.3) is 5.91 Å². The number of carbonyl (C=O) groups is 1. The lowest BCUT2D eigenvalue weighted by Crippen LogP contribution is -2.13. The summed E-state index contributed by atoms with van der Waals surface area (Å²) in [6.07, 6.45) is 0. The van der Waals surface area contributed by atoms with Gasteiger partial charge in [0.05, 0.1) is 19.8 Å². The van der Waals surface area contributed by atoms with E-state index < -0.39 is 0 Å². The molecule has 21 heavy (non-hydrogen) atoms. The van der Waals surface area contributed by atoms with Crippen molar-refractivity contribution in [1.29, 1.82) is 0 Å². The van der Waals surface area contributed by atoms with E-state index in [-0.39, 0.29) is 5.91 Å². The maximum Gasteiger partial charge on any atom is 0.259 e. The summed E-state index contributed by atoms with van der Waals surface area (Å²) in [7, 11) is 3.10. The summed E-state index contributed by atoms with van der Waals surface area (Å²) in [5.74, 6) is 0.889. The number of aryl methyl sites for hydroxylation is 1. The summed E-state index contributed by atoms with van der Waals surface area (Å²) >= 11 is 2.24. The lowest BCUT2D eigenvalue weighted by Gasteiger charge is -2.11. The van der Waals surface area contributed by atoms with E-state index in [0.29, 0.717) is 17.1 Å². The van der Waals surface area contributed by atoms with Crippen LogP contribution in [0.15, 0.2) is 36.4 Å². The maximum absolute atomic E-state index is 12.4. The van der Waals surface area contributed by atoms with Crippen LogP contribution in [0.3, 0.4) is 0 Å². The minimum absolute atomic E-state index is 0.231. The van der Waals surface area contributed by atoms with Crippen molar-refractivity contribution in [2.24, 2.45) is 0 Å². The molecule has 5 heteroatoms. The van der Waals surface area contributed by atoms with Gasteiger partial charge in [-0.05, 0) is 65.4 Å². The number of anilines is 1. The Balaban J connectivity index is 2.28. The molecule has 0 saturated heterocycles. The van der Waals surface area contributed by atoms with Gasteiger partial charge >= 0.3 is 0 Å². The molecule has 0 saturated carbocycles. The van der Waals surface area contributed by atoms with Crippen molar-refractivity contribution in [3.63, 3.8) is 0 Å². The number of halogens is 1. The molecule has 110 valence electrons. The number of amides is 1. The third-order valence-electron chi connectivity index (χ3n) is 3.08. The summed E-state index contributed by atoms with van der Waals surface area (Å²) < 4.78 is 11.5. The number of hydrogen-bond donors (Lipinski definition) is 1. The van der Waals surface area contributed by atoms with Gasteiger partial charge in [-0.3, -0.25) is 4.79 Å². The molecule has 0 fully saturated rings. The number of nitrogens with one attached hydrogen (secondary N) is 1. The molecule has 0 aliphatic heterocycles. The first kappa shape index (κ1) is 15.6. The average molecular weight is 397 g/mol. The van der Waals surface area contributed by atoms with Crippen molar-refractivity contribution in [3.05, 3.63) is 51.1 Å². The van der Waals surface area contributed by atoms with Crippen LogP contribution in [-0.4, -0.2) is 20.1 Å². The fraction of sp³-hybridized carbons (Fsp3) is 0.188. The summed E-state index contributed by atoms with van der Waals surface area (Å²) in [6.45, 7) is 2.03. The third-order valence-corrected chi connectivity index (χ3v) is 4.24. The number of rotatable bonds is 4. The number of ether oxygens (including phenoxy) is 2. The van der Waals surface area contributed by atoms with Crippen LogP contribution in [0.25, 0.3) is 0 Å². The first-order valence-corrected chi connectivity index (χ1v) is 7.42. The van der Waals surface area contributed by atoms with Gasteiger partial charge in [-0.1, -0.05) is 6.07 Å². The first-order chi connectivity index (χ1) is 10.0. The SMILES string of the molecule is COc1ccc(OC)c(C(=O)Nc2ccc(C)c(I)c2)c1. The molecular weight excluding hydrogens is 381 g/mol. The van der Waals surface area contributed by atoms with Crippen molar-refractivity contribution < 1.29 is 14.3 Å². The lowest BCUT2D eigenvalue weighted by atomic mass is 10.1. The van der Waals surface area contributed by atoms with Crippen LogP contribution in [0.1, 0.15) is 15.9 Å². The van der Waals surface area contributed by atoms with E-state index in [2.05, 4.69) is 27.9 Å². The van der Waals surface area contributed by atoms with Gasteiger partial charge in [0, 0.05) is 9.26 Å². The van der Waals surface area contributed by atoms with Crippen LogP contribution in [0, 0.1) is 10.5 Å². The fourth-order valence-corrected chi connectivity index (χ4v) is 2.38. The second kappa shape index (κ2) is 6.80. The molecule has 1 N–H and O–H groups in total. The highest BCUT2D eigenvalue weighted by atomic mass is 127. The molecular formula is C16H16INO3. The molecule has 0 heterocycles. The molecule has 0 aliphatic rings. The van der Waals surface area contributed by atoms with E-state index in [1.165, 1.54) is 12.7 Å². The number of benzene rings is 2. The Hall–Kier alpha value is -1.76. The van der Waals surface area contributed by atoms with E-state index in [4.69, 9.17) is 9.47 Å². The molecule has 0 atom stereocenters. The second-order valence-corrected chi connectivity index (χ2v) is 5.65. The summed E-state index contributed by atoms with van der Waals surface area (Å²) in [5, 5.41) is 2.87. The normalized spacial score (nSPS) is 10.1. The molecule has 2 aromatic carbocycles. The van der Waals surface area contributed by atoms with Crippen LogP contribution in [-0.2, 0) is 0 Å². The Morgan fingerprint density at radius 3 is 2.48 bits per heavy atom. The standard InChI is InChI=1S/C16H16INO3/c1-10-4-5-11(8-14(10)17)18-16(19)13-9-12(20-2)6-7-15(13)21-3/h4-9H,1-3H3,(H,18,19). The Kier molecular flexibility index (Phi) is 5.06. The van der Waals surface area contributed by atoms with E-state index in [9.17, 15) is 4.79 Å². The van der Waals surface area contributed by atoms with Crippen LogP contribution < -0.4 is 14.8 Å². The van der Waals surface area contributed by atoms with E-state index in [1.807, 2.05) is 25.1 Å².